The molecule has 0 saturated heterocycles. The maximum Gasteiger partial charge on any atom is 0.321 e. The average molecular weight is 234 g/mol. The molecule has 16 heavy (non-hydrogen) atoms. The van der Waals surface area contributed by atoms with Crippen LogP contribution in [0.3, 0.4) is 0 Å². The average Bonchev–Trinajstić information content (AvgIpc) is 2.16. The summed E-state index contributed by atoms with van der Waals surface area (Å²) in [5.41, 5.74) is -2.25. The summed E-state index contributed by atoms with van der Waals surface area (Å²) in [7, 11) is 0. The van der Waals surface area contributed by atoms with Gasteiger partial charge in [-0.25, -0.2) is 0 Å². The predicted octanol–water partition coefficient (Wildman–Crippen LogP) is 1.20. The third kappa shape index (κ3) is 2.22. The first-order valence-corrected chi connectivity index (χ1v) is 4.21. The number of hydrogen-bond acceptors (Lipinski definition) is 4. The van der Waals surface area contributed by atoms with E-state index in [-0.39, 0.29) is 4.57 Å². The zero-order chi connectivity index (χ0) is 12.5. The number of hydrogen-bond donors (Lipinski definition) is 1. The first-order chi connectivity index (χ1) is 7.34. The zero-order valence-corrected chi connectivity index (χ0v) is 8.13. The molecule has 88 valence electrons. The van der Waals surface area contributed by atoms with Gasteiger partial charge in [0.05, 0.1) is 22.8 Å². The molecule has 8 heteroatoms. The Labute approximate surface area is 87.9 Å². The van der Waals surface area contributed by atoms with Gasteiger partial charge in [0.1, 0.15) is 0 Å². The molecule has 0 bridgehead atoms. The van der Waals surface area contributed by atoms with Gasteiger partial charge in [-0.15, -0.1) is 0 Å². The van der Waals surface area contributed by atoms with Gasteiger partial charge in [-0.05, 0) is 6.92 Å². The van der Waals surface area contributed by atoms with Crippen molar-refractivity contribution in [3.63, 3.8) is 0 Å². The van der Waals surface area contributed by atoms with Gasteiger partial charge in [0.15, 0.2) is 0 Å². The highest BCUT2D eigenvalue weighted by molar-refractivity contribution is 5.31. The Balaban J connectivity index is 3.52. The lowest BCUT2D eigenvalue weighted by Gasteiger charge is -2.08. The minimum atomic E-state index is -3.19. The normalized spacial score (nSPS) is 12.8. The third-order valence-corrected chi connectivity index (χ3v) is 1.93. The van der Waals surface area contributed by atoms with Crippen LogP contribution in [0.15, 0.2) is 17.1 Å². The fourth-order valence-electron chi connectivity index (χ4n) is 1.15. The lowest BCUT2D eigenvalue weighted by Crippen LogP contribution is -2.25. The van der Waals surface area contributed by atoms with Crippen molar-refractivity contribution in [3.8, 4) is 0 Å². The number of aromatic nitrogens is 1. The fourth-order valence-corrected chi connectivity index (χ4v) is 1.15. The van der Waals surface area contributed by atoms with E-state index in [2.05, 4.69) is 0 Å². The van der Waals surface area contributed by atoms with Crippen LogP contribution in [-0.2, 0) is 0 Å². The van der Waals surface area contributed by atoms with Crippen molar-refractivity contribution in [1.82, 2.24) is 4.57 Å². The Bertz CT molecular complexity index is 437. The molecule has 1 heterocycles. The van der Waals surface area contributed by atoms with Crippen LogP contribution >= 0.6 is 0 Å². The molecule has 0 aliphatic rings. The van der Waals surface area contributed by atoms with Gasteiger partial charge < -0.3 is 5.11 Å². The summed E-state index contributed by atoms with van der Waals surface area (Å²) in [6, 6.07) is 0.784. The minimum absolute atomic E-state index is 0.0831. The van der Waals surface area contributed by atoms with Crippen LogP contribution in [0.25, 0.3) is 0 Å². The molecule has 0 amide bonds. The Hall–Kier alpha value is -1.83. The van der Waals surface area contributed by atoms with Crippen LogP contribution in [0.4, 0.5) is 14.5 Å². The van der Waals surface area contributed by atoms with Crippen LogP contribution < -0.4 is 5.56 Å². The first-order valence-electron chi connectivity index (χ1n) is 4.21. The molecule has 1 unspecified atom stereocenters. The van der Waals surface area contributed by atoms with E-state index >= 15 is 0 Å². The highest BCUT2D eigenvalue weighted by Crippen LogP contribution is 2.18. The molecular weight excluding hydrogens is 226 g/mol. The first kappa shape index (κ1) is 12.2. The summed E-state index contributed by atoms with van der Waals surface area (Å²) in [5.74, 6) is 0. The third-order valence-electron chi connectivity index (χ3n) is 1.93. The van der Waals surface area contributed by atoms with Crippen molar-refractivity contribution < 1.29 is 18.8 Å². The second-order valence-corrected chi connectivity index (χ2v) is 3.08. The van der Waals surface area contributed by atoms with Crippen molar-refractivity contribution in [3.05, 3.63) is 38.3 Å². The summed E-state index contributed by atoms with van der Waals surface area (Å²) in [6.07, 6.45) is -0.906. The quantitative estimate of drug-likeness (QED) is 0.629. The van der Waals surface area contributed by atoms with Crippen molar-refractivity contribution in [2.75, 3.05) is 0 Å². The van der Waals surface area contributed by atoms with Crippen LogP contribution in [0.1, 0.15) is 25.1 Å². The highest BCUT2D eigenvalue weighted by Gasteiger charge is 2.20. The Morgan fingerprint density at radius 2 is 2.12 bits per heavy atom. The zero-order valence-electron chi connectivity index (χ0n) is 8.13. The maximum absolute atomic E-state index is 12.4. The monoisotopic (exact) mass is 234 g/mol. The smallest absolute Gasteiger partial charge is 0.321 e. The standard InChI is InChI=1S/C8H8F2N2O4/c1-4(13)6-2-5(12(15)16)3-11(7(6)14)8(9)10/h2-4,8,13H,1H3. The van der Waals surface area contributed by atoms with E-state index in [0.29, 0.717) is 6.20 Å². The molecule has 0 aliphatic carbocycles. The molecule has 0 spiro atoms. The maximum atomic E-state index is 12.4. The number of aliphatic hydroxyl groups is 1. The Morgan fingerprint density at radius 3 is 2.50 bits per heavy atom. The van der Waals surface area contributed by atoms with E-state index in [4.69, 9.17) is 5.11 Å². The van der Waals surface area contributed by atoms with E-state index in [1.807, 2.05) is 0 Å². The summed E-state index contributed by atoms with van der Waals surface area (Å²) in [5, 5.41) is 19.6. The Kier molecular flexibility index (Phi) is 3.33. The van der Waals surface area contributed by atoms with Gasteiger partial charge in [0.25, 0.3) is 11.2 Å². The summed E-state index contributed by atoms with van der Waals surface area (Å²) < 4.78 is 24.7. The number of halogens is 2. The lowest BCUT2D eigenvalue weighted by molar-refractivity contribution is -0.385. The molecule has 0 fully saturated rings. The van der Waals surface area contributed by atoms with Gasteiger partial charge in [-0.3, -0.25) is 19.5 Å². The van der Waals surface area contributed by atoms with Gasteiger partial charge in [0.2, 0.25) is 0 Å². The second-order valence-electron chi connectivity index (χ2n) is 3.08. The number of nitro groups is 1. The number of rotatable bonds is 3. The van der Waals surface area contributed by atoms with Crippen molar-refractivity contribution >= 4 is 5.69 Å². The predicted molar refractivity (Wildman–Crippen MR) is 49.2 cm³/mol. The number of pyridine rings is 1. The van der Waals surface area contributed by atoms with E-state index < -0.39 is 34.4 Å². The van der Waals surface area contributed by atoms with E-state index in [0.717, 1.165) is 13.0 Å². The topological polar surface area (TPSA) is 85.4 Å². The van der Waals surface area contributed by atoms with E-state index in [9.17, 15) is 23.7 Å². The number of alkyl halides is 2. The van der Waals surface area contributed by atoms with Gasteiger partial charge in [-0.1, -0.05) is 0 Å². The van der Waals surface area contributed by atoms with Crippen LogP contribution in [-0.4, -0.2) is 14.6 Å². The van der Waals surface area contributed by atoms with E-state index in [1.54, 1.807) is 0 Å². The molecular formula is C8H8F2N2O4. The summed E-state index contributed by atoms with van der Waals surface area (Å²) >= 11 is 0. The molecule has 0 aromatic carbocycles. The van der Waals surface area contributed by atoms with Crippen LogP contribution in [0, 0.1) is 10.1 Å². The van der Waals surface area contributed by atoms with Gasteiger partial charge in [-0.2, -0.15) is 8.78 Å². The molecule has 0 aliphatic heterocycles. The second kappa shape index (κ2) is 4.35. The van der Waals surface area contributed by atoms with Crippen molar-refractivity contribution in [2.45, 2.75) is 19.6 Å². The van der Waals surface area contributed by atoms with E-state index in [1.165, 1.54) is 0 Å². The molecule has 0 saturated carbocycles. The summed E-state index contributed by atoms with van der Waals surface area (Å²) in [6.45, 7) is -2.03. The van der Waals surface area contributed by atoms with Crippen LogP contribution in [0.2, 0.25) is 0 Å². The largest absolute Gasteiger partial charge is 0.388 e. The minimum Gasteiger partial charge on any atom is -0.388 e. The number of aliphatic hydroxyl groups excluding tert-OH is 1. The highest BCUT2D eigenvalue weighted by atomic mass is 19.3. The molecule has 0 radical (unpaired) electrons. The summed E-state index contributed by atoms with van der Waals surface area (Å²) in [4.78, 5) is 20.8. The van der Waals surface area contributed by atoms with Crippen molar-refractivity contribution in [2.24, 2.45) is 0 Å². The molecule has 1 aromatic rings. The van der Waals surface area contributed by atoms with Crippen molar-refractivity contribution in [1.29, 1.82) is 0 Å². The fraction of sp³-hybridized carbons (Fsp3) is 0.375. The molecule has 1 aromatic heterocycles. The lowest BCUT2D eigenvalue weighted by atomic mass is 10.1. The van der Waals surface area contributed by atoms with Gasteiger partial charge >= 0.3 is 6.55 Å². The number of nitrogens with zero attached hydrogens (tertiary/aromatic N) is 2. The molecule has 1 atom stereocenters. The van der Waals surface area contributed by atoms with Crippen LogP contribution in [0.5, 0.6) is 0 Å². The molecule has 1 rings (SSSR count). The van der Waals surface area contributed by atoms with Gasteiger partial charge in [0, 0.05) is 6.07 Å². The molecule has 6 nitrogen and oxygen atoms in total. The Morgan fingerprint density at radius 1 is 1.56 bits per heavy atom. The molecule has 1 N–H and O–H groups in total. The SMILES string of the molecule is CC(O)c1cc([N+](=O)[O-])cn(C(F)F)c1=O.